The maximum Gasteiger partial charge on any atom is 0.261 e. The van der Waals surface area contributed by atoms with E-state index >= 15 is 0 Å². The van der Waals surface area contributed by atoms with Gasteiger partial charge in [-0.2, -0.15) is 0 Å². The number of carbonyl (C=O) groups excluding carboxylic acids is 4. The topological polar surface area (TPSA) is 104 Å². The van der Waals surface area contributed by atoms with Crippen molar-refractivity contribution < 1.29 is 19.2 Å². The second-order valence-corrected chi connectivity index (χ2v) is 9.66. The van der Waals surface area contributed by atoms with E-state index in [0.29, 0.717) is 36.4 Å². The first-order valence-corrected chi connectivity index (χ1v) is 12.5. The molecule has 0 radical (unpaired) electrons. The van der Waals surface area contributed by atoms with Crippen molar-refractivity contribution in [2.24, 2.45) is 5.92 Å². The van der Waals surface area contributed by atoms with Gasteiger partial charge in [0.1, 0.15) is 23.5 Å². The van der Waals surface area contributed by atoms with Gasteiger partial charge in [-0.05, 0) is 42.3 Å². The fourth-order valence-corrected chi connectivity index (χ4v) is 5.35. The van der Waals surface area contributed by atoms with Crippen molar-refractivity contribution in [3.8, 4) is 0 Å². The third kappa shape index (κ3) is 6.08. The van der Waals surface area contributed by atoms with E-state index in [-0.39, 0.29) is 17.5 Å². The Morgan fingerprint density at radius 3 is 2.58 bits per heavy atom. The van der Waals surface area contributed by atoms with Crippen LogP contribution in [0.25, 0.3) is 10.1 Å². The van der Waals surface area contributed by atoms with Gasteiger partial charge in [0.15, 0.2) is 0 Å². The molecule has 182 valence electrons. The molecule has 4 rings (SSSR count). The van der Waals surface area contributed by atoms with E-state index in [1.807, 2.05) is 72.5 Å². The van der Waals surface area contributed by atoms with Gasteiger partial charge in [-0.1, -0.05) is 48.5 Å². The largest absolute Gasteiger partial charge is 0.379 e. The van der Waals surface area contributed by atoms with E-state index in [9.17, 15) is 19.2 Å². The van der Waals surface area contributed by atoms with E-state index in [1.165, 1.54) is 17.4 Å². The molecule has 36 heavy (non-hydrogen) atoms. The average Bonchev–Trinajstić information content (AvgIpc) is 3.54. The van der Waals surface area contributed by atoms with Crippen LogP contribution in [0.1, 0.15) is 28.1 Å². The summed E-state index contributed by atoms with van der Waals surface area (Å²) < 4.78 is 0.993. The van der Waals surface area contributed by atoms with Gasteiger partial charge in [0.05, 0.1) is 22.7 Å². The van der Waals surface area contributed by atoms with Gasteiger partial charge >= 0.3 is 0 Å². The Labute approximate surface area is 212 Å². The maximum atomic E-state index is 13.2. The Hall–Kier alpha value is -4.18. The number of thiophene rings is 1. The lowest BCUT2D eigenvalue weighted by atomic mass is 9.95. The molecule has 0 spiro atoms. The van der Waals surface area contributed by atoms with Gasteiger partial charge < -0.3 is 16.0 Å². The first kappa shape index (κ1) is 24.9. The summed E-state index contributed by atoms with van der Waals surface area (Å²) >= 11 is 1.38. The van der Waals surface area contributed by atoms with E-state index in [2.05, 4.69) is 16.0 Å². The van der Waals surface area contributed by atoms with Crippen molar-refractivity contribution in [3.05, 3.63) is 88.6 Å². The Morgan fingerprint density at radius 1 is 1.08 bits per heavy atom. The molecule has 0 saturated carbocycles. The SMILES string of the molecule is O=C=C[C@H](C[C@@H]1CCNC1=C=O)NC(=C=O)[C@H](Cc1ccccc1)NC(=O)c1cc2ccccc2s1. The van der Waals surface area contributed by atoms with Crippen LogP contribution in [0.4, 0.5) is 0 Å². The van der Waals surface area contributed by atoms with Gasteiger partial charge in [0, 0.05) is 23.2 Å². The van der Waals surface area contributed by atoms with E-state index in [4.69, 9.17) is 0 Å². The number of benzene rings is 2. The van der Waals surface area contributed by atoms with Crippen molar-refractivity contribution >= 4 is 45.2 Å². The highest BCUT2D eigenvalue weighted by Crippen LogP contribution is 2.26. The molecule has 1 aliphatic rings. The van der Waals surface area contributed by atoms with Crippen LogP contribution in [0.3, 0.4) is 0 Å². The second-order valence-electron chi connectivity index (χ2n) is 8.58. The van der Waals surface area contributed by atoms with E-state index in [0.717, 1.165) is 15.6 Å². The average molecular weight is 500 g/mol. The van der Waals surface area contributed by atoms with Crippen molar-refractivity contribution in [1.82, 2.24) is 16.0 Å². The Balaban J connectivity index is 1.57. The molecule has 1 fully saturated rings. The molecule has 1 aromatic heterocycles. The van der Waals surface area contributed by atoms with Gasteiger partial charge in [-0.3, -0.25) is 4.79 Å². The molecule has 3 N–H and O–H groups in total. The fraction of sp³-hybridized carbons (Fsp3) is 0.250. The zero-order valence-corrected chi connectivity index (χ0v) is 20.3. The van der Waals surface area contributed by atoms with Gasteiger partial charge in [0.25, 0.3) is 5.91 Å². The predicted octanol–water partition coefficient (Wildman–Crippen LogP) is 3.02. The number of hydrogen-bond acceptors (Lipinski definition) is 7. The van der Waals surface area contributed by atoms with Crippen LogP contribution in [-0.4, -0.2) is 42.4 Å². The molecular weight excluding hydrogens is 474 g/mol. The highest BCUT2D eigenvalue weighted by molar-refractivity contribution is 7.20. The summed E-state index contributed by atoms with van der Waals surface area (Å²) in [6, 6.07) is 17.7. The third-order valence-electron chi connectivity index (χ3n) is 6.17. The molecule has 0 bridgehead atoms. The monoisotopic (exact) mass is 499 g/mol. The Bertz CT molecular complexity index is 1350. The zero-order valence-electron chi connectivity index (χ0n) is 19.5. The van der Waals surface area contributed by atoms with Crippen LogP contribution < -0.4 is 16.0 Å². The summed E-state index contributed by atoms with van der Waals surface area (Å²) in [6.07, 6.45) is 2.73. The van der Waals surface area contributed by atoms with Crippen molar-refractivity contribution in [3.63, 3.8) is 0 Å². The second kappa shape index (κ2) is 12.0. The van der Waals surface area contributed by atoms with Crippen molar-refractivity contribution in [1.29, 1.82) is 0 Å². The third-order valence-corrected chi connectivity index (χ3v) is 7.29. The molecule has 0 unspecified atom stereocenters. The summed E-state index contributed by atoms with van der Waals surface area (Å²) in [5, 5.41) is 10.0. The molecule has 2 heterocycles. The molecule has 3 atom stereocenters. The summed E-state index contributed by atoms with van der Waals surface area (Å²) in [5.41, 5.74) is 1.49. The minimum absolute atomic E-state index is 0.118. The molecule has 8 heteroatoms. The highest BCUT2D eigenvalue weighted by atomic mass is 32.1. The standard InChI is InChI=1S/C28H25N3O4S/c32-13-11-22(15-20-10-12-29-24(20)17-33)30-25(18-34)23(14-19-6-2-1-3-7-19)31-28(35)27-16-21-8-4-5-9-26(21)36-27/h1-9,11,16,20,22-23,29-30H,10,12,14-15H2,(H,31,35)/t20-,22+,23-/m0/s1. The maximum absolute atomic E-state index is 13.2. The number of nitrogens with one attached hydrogen (secondary N) is 3. The summed E-state index contributed by atoms with van der Waals surface area (Å²) in [6.45, 7) is 0.644. The quantitative estimate of drug-likeness (QED) is 0.371. The zero-order chi connectivity index (χ0) is 25.3. The highest BCUT2D eigenvalue weighted by Gasteiger charge is 2.27. The fourth-order valence-electron chi connectivity index (χ4n) is 4.38. The number of amides is 1. The minimum atomic E-state index is -0.715. The molecule has 7 nitrogen and oxygen atoms in total. The summed E-state index contributed by atoms with van der Waals surface area (Å²) in [4.78, 5) is 48.3. The summed E-state index contributed by atoms with van der Waals surface area (Å²) in [7, 11) is 0. The molecule has 1 amide bonds. The van der Waals surface area contributed by atoms with Crippen LogP contribution in [0.5, 0.6) is 0 Å². The molecule has 1 aliphatic heterocycles. The minimum Gasteiger partial charge on any atom is -0.379 e. The predicted molar refractivity (Wildman–Crippen MR) is 140 cm³/mol. The van der Waals surface area contributed by atoms with Crippen LogP contribution in [0.2, 0.25) is 0 Å². The number of hydrogen-bond donors (Lipinski definition) is 3. The molecule has 3 aromatic rings. The molecule has 2 aromatic carbocycles. The molecule has 0 aliphatic carbocycles. The molecule has 1 saturated heterocycles. The lowest BCUT2D eigenvalue weighted by molar-refractivity contribution is 0.0945. The van der Waals surface area contributed by atoms with Gasteiger partial charge in [-0.25, -0.2) is 14.4 Å². The van der Waals surface area contributed by atoms with Crippen LogP contribution in [0.15, 0.2) is 78.1 Å². The summed E-state index contributed by atoms with van der Waals surface area (Å²) in [5.74, 6) is 5.20. The first-order chi connectivity index (χ1) is 17.6. The van der Waals surface area contributed by atoms with Crippen molar-refractivity contribution in [2.75, 3.05) is 6.54 Å². The lowest BCUT2D eigenvalue weighted by Crippen LogP contribution is -2.44. The van der Waals surface area contributed by atoms with E-state index < -0.39 is 12.1 Å². The smallest absolute Gasteiger partial charge is 0.261 e. The van der Waals surface area contributed by atoms with Gasteiger partial charge in [0.2, 0.25) is 0 Å². The number of allylic oxidation sites excluding steroid dienone is 1. The number of fused-ring (bicyclic) bond motifs is 1. The van der Waals surface area contributed by atoms with Crippen LogP contribution in [0, 0.1) is 5.92 Å². The van der Waals surface area contributed by atoms with Crippen molar-refractivity contribution in [2.45, 2.75) is 31.3 Å². The first-order valence-electron chi connectivity index (χ1n) is 11.7. The normalized spacial score (nSPS) is 16.1. The van der Waals surface area contributed by atoms with E-state index in [1.54, 1.807) is 5.94 Å². The molecular formula is C28H25N3O4S. The lowest BCUT2D eigenvalue weighted by Gasteiger charge is -2.25. The Morgan fingerprint density at radius 2 is 1.86 bits per heavy atom. The number of carbonyl (C=O) groups is 1. The Kier molecular flexibility index (Phi) is 8.30. The number of rotatable bonds is 10. The van der Waals surface area contributed by atoms with Gasteiger partial charge in [-0.15, -0.1) is 11.3 Å². The van der Waals surface area contributed by atoms with Crippen LogP contribution >= 0.6 is 11.3 Å². The van der Waals surface area contributed by atoms with Crippen LogP contribution in [-0.2, 0) is 20.8 Å².